The number of benzene rings is 1. The van der Waals surface area contributed by atoms with Gasteiger partial charge in [0.1, 0.15) is 6.10 Å². The van der Waals surface area contributed by atoms with Gasteiger partial charge in [-0.15, -0.1) is 0 Å². The molecule has 1 aromatic carbocycles. The number of aliphatic hydroxyl groups excluding tert-OH is 1. The number of hydrogen-bond donors (Lipinski definition) is 1. The average molecular weight is 206 g/mol. The van der Waals surface area contributed by atoms with Crippen LogP contribution in [0.1, 0.15) is 5.56 Å². The number of methoxy groups -OCH3 is 1. The fourth-order valence-electron chi connectivity index (χ4n) is 0.960. The Hall–Kier alpha value is -1.79. The predicted octanol–water partition coefficient (Wildman–Crippen LogP) is 1.73. The van der Waals surface area contributed by atoms with E-state index in [1.807, 2.05) is 0 Å². The van der Waals surface area contributed by atoms with Crippen molar-refractivity contribution in [3.63, 3.8) is 0 Å². The summed E-state index contributed by atoms with van der Waals surface area (Å²) in [4.78, 5) is 0. The third-order valence-electron chi connectivity index (χ3n) is 1.74. The van der Waals surface area contributed by atoms with E-state index in [2.05, 4.69) is 18.4 Å². The molecular formula is C12H11FO2. The average Bonchev–Trinajstić information content (AvgIpc) is 2.26. The molecule has 3 heteroatoms. The van der Waals surface area contributed by atoms with Crippen molar-refractivity contribution < 1.29 is 14.2 Å². The van der Waals surface area contributed by atoms with Gasteiger partial charge in [0.25, 0.3) is 0 Å². The molecule has 15 heavy (non-hydrogen) atoms. The van der Waals surface area contributed by atoms with Crippen LogP contribution in [-0.4, -0.2) is 18.3 Å². The maximum absolute atomic E-state index is 13.2. The van der Waals surface area contributed by atoms with E-state index in [4.69, 9.17) is 9.84 Å². The van der Waals surface area contributed by atoms with Crippen molar-refractivity contribution in [1.82, 2.24) is 0 Å². The van der Waals surface area contributed by atoms with Gasteiger partial charge in [0.2, 0.25) is 0 Å². The molecule has 0 aliphatic rings. The Balaban J connectivity index is 2.91. The summed E-state index contributed by atoms with van der Waals surface area (Å²) in [5.74, 6) is 4.81. The SMILES string of the molecule is C=CC(O)C#Cc1ccc(OC)c(F)c1. The molecule has 0 bridgehead atoms. The van der Waals surface area contributed by atoms with E-state index in [0.29, 0.717) is 5.56 Å². The van der Waals surface area contributed by atoms with Gasteiger partial charge in [0, 0.05) is 5.56 Å². The summed E-state index contributed by atoms with van der Waals surface area (Å²) in [7, 11) is 1.39. The van der Waals surface area contributed by atoms with E-state index in [9.17, 15) is 4.39 Å². The monoisotopic (exact) mass is 206 g/mol. The minimum absolute atomic E-state index is 0.171. The Morgan fingerprint density at radius 1 is 1.60 bits per heavy atom. The van der Waals surface area contributed by atoms with Gasteiger partial charge in [-0.1, -0.05) is 24.5 Å². The maximum atomic E-state index is 13.2. The van der Waals surface area contributed by atoms with Crippen LogP contribution < -0.4 is 4.74 Å². The topological polar surface area (TPSA) is 29.5 Å². The summed E-state index contributed by atoms with van der Waals surface area (Å²) in [5, 5.41) is 9.08. The van der Waals surface area contributed by atoms with Crippen molar-refractivity contribution in [2.45, 2.75) is 6.10 Å². The number of hydrogen-bond acceptors (Lipinski definition) is 2. The first kappa shape index (κ1) is 11.3. The normalized spacial score (nSPS) is 11.1. The second-order valence-electron chi connectivity index (χ2n) is 2.80. The fourth-order valence-corrected chi connectivity index (χ4v) is 0.960. The smallest absolute Gasteiger partial charge is 0.166 e. The molecule has 0 fully saturated rings. The van der Waals surface area contributed by atoms with Crippen molar-refractivity contribution in [3.8, 4) is 17.6 Å². The highest BCUT2D eigenvalue weighted by Gasteiger charge is 2.01. The minimum atomic E-state index is -0.893. The quantitative estimate of drug-likeness (QED) is 0.590. The summed E-state index contributed by atoms with van der Waals surface area (Å²) in [6.45, 7) is 3.37. The molecule has 0 saturated carbocycles. The Labute approximate surface area is 88.0 Å². The minimum Gasteiger partial charge on any atom is -0.494 e. The van der Waals surface area contributed by atoms with Crippen LogP contribution in [0.4, 0.5) is 4.39 Å². The first-order valence-corrected chi connectivity index (χ1v) is 4.33. The standard InChI is InChI=1S/C12H11FO2/c1-3-10(14)6-4-9-5-7-12(15-2)11(13)8-9/h3,5,7-8,10,14H,1H2,2H3. The van der Waals surface area contributed by atoms with Crippen LogP contribution in [0.3, 0.4) is 0 Å². The molecule has 1 N–H and O–H groups in total. The molecule has 0 aliphatic heterocycles. The zero-order chi connectivity index (χ0) is 11.3. The summed E-state index contributed by atoms with van der Waals surface area (Å²) in [5.41, 5.74) is 0.481. The molecule has 0 aromatic heterocycles. The van der Waals surface area contributed by atoms with Gasteiger partial charge < -0.3 is 9.84 Å². The molecule has 1 atom stereocenters. The highest BCUT2D eigenvalue weighted by Crippen LogP contribution is 2.16. The molecule has 0 spiro atoms. The lowest BCUT2D eigenvalue weighted by Crippen LogP contribution is -1.95. The highest BCUT2D eigenvalue weighted by atomic mass is 19.1. The van der Waals surface area contributed by atoms with Crippen LogP contribution in [0.15, 0.2) is 30.9 Å². The molecule has 78 valence electrons. The van der Waals surface area contributed by atoms with Crippen molar-refractivity contribution in [2.75, 3.05) is 7.11 Å². The first-order valence-electron chi connectivity index (χ1n) is 4.33. The zero-order valence-corrected chi connectivity index (χ0v) is 8.33. The molecule has 0 heterocycles. The lowest BCUT2D eigenvalue weighted by Gasteiger charge is -2.00. The van der Waals surface area contributed by atoms with E-state index in [1.165, 1.54) is 25.3 Å². The third kappa shape index (κ3) is 3.12. The lowest BCUT2D eigenvalue weighted by atomic mass is 10.2. The molecule has 0 aliphatic carbocycles. The third-order valence-corrected chi connectivity index (χ3v) is 1.74. The van der Waals surface area contributed by atoms with E-state index >= 15 is 0 Å². The van der Waals surface area contributed by atoms with Crippen molar-refractivity contribution in [1.29, 1.82) is 0 Å². The van der Waals surface area contributed by atoms with Crippen molar-refractivity contribution in [2.24, 2.45) is 0 Å². The van der Waals surface area contributed by atoms with Gasteiger partial charge in [-0.25, -0.2) is 4.39 Å². The van der Waals surface area contributed by atoms with Gasteiger partial charge in [-0.3, -0.25) is 0 Å². The Morgan fingerprint density at radius 3 is 2.87 bits per heavy atom. The number of halogens is 1. The van der Waals surface area contributed by atoms with Crippen LogP contribution in [-0.2, 0) is 0 Å². The zero-order valence-electron chi connectivity index (χ0n) is 8.33. The maximum Gasteiger partial charge on any atom is 0.166 e. The van der Waals surface area contributed by atoms with Gasteiger partial charge >= 0.3 is 0 Å². The second kappa shape index (κ2) is 5.18. The first-order chi connectivity index (χ1) is 7.17. The van der Waals surface area contributed by atoms with Crippen molar-refractivity contribution in [3.05, 3.63) is 42.2 Å². The van der Waals surface area contributed by atoms with E-state index in [0.717, 1.165) is 0 Å². The van der Waals surface area contributed by atoms with E-state index in [-0.39, 0.29) is 5.75 Å². The Morgan fingerprint density at radius 2 is 2.33 bits per heavy atom. The predicted molar refractivity (Wildman–Crippen MR) is 56.0 cm³/mol. The van der Waals surface area contributed by atoms with E-state index in [1.54, 1.807) is 6.07 Å². The van der Waals surface area contributed by atoms with Crippen LogP contribution >= 0.6 is 0 Å². The molecule has 0 saturated heterocycles. The molecule has 2 nitrogen and oxygen atoms in total. The molecule has 0 amide bonds. The Kier molecular flexibility index (Phi) is 3.90. The van der Waals surface area contributed by atoms with Gasteiger partial charge in [0.05, 0.1) is 7.11 Å². The number of ether oxygens (including phenoxy) is 1. The fraction of sp³-hybridized carbons (Fsp3) is 0.167. The van der Waals surface area contributed by atoms with Crippen LogP contribution in [0.5, 0.6) is 5.75 Å². The van der Waals surface area contributed by atoms with Crippen LogP contribution in [0, 0.1) is 17.7 Å². The lowest BCUT2D eigenvalue weighted by molar-refractivity contribution is 0.281. The van der Waals surface area contributed by atoms with E-state index < -0.39 is 11.9 Å². The summed E-state index contributed by atoms with van der Waals surface area (Å²) < 4.78 is 17.9. The summed E-state index contributed by atoms with van der Waals surface area (Å²) in [6, 6.07) is 4.35. The number of rotatable bonds is 2. The molecule has 1 rings (SSSR count). The molecular weight excluding hydrogens is 195 g/mol. The molecule has 1 unspecified atom stereocenters. The van der Waals surface area contributed by atoms with Gasteiger partial charge in [-0.05, 0) is 18.2 Å². The van der Waals surface area contributed by atoms with Crippen LogP contribution in [0.25, 0.3) is 0 Å². The summed E-state index contributed by atoms with van der Waals surface area (Å²) >= 11 is 0. The molecule has 0 radical (unpaired) electrons. The molecule has 1 aromatic rings. The van der Waals surface area contributed by atoms with Gasteiger partial charge in [-0.2, -0.15) is 0 Å². The number of aliphatic hydroxyl groups is 1. The largest absolute Gasteiger partial charge is 0.494 e. The second-order valence-corrected chi connectivity index (χ2v) is 2.80. The highest BCUT2D eigenvalue weighted by molar-refractivity contribution is 5.40. The summed E-state index contributed by atoms with van der Waals surface area (Å²) in [6.07, 6.45) is 0.405. The Bertz CT molecular complexity index is 415. The van der Waals surface area contributed by atoms with Crippen LogP contribution in [0.2, 0.25) is 0 Å². The van der Waals surface area contributed by atoms with Crippen molar-refractivity contribution >= 4 is 0 Å². The van der Waals surface area contributed by atoms with Gasteiger partial charge in [0.15, 0.2) is 11.6 Å².